The molecule has 0 spiro atoms. The van der Waals surface area contributed by atoms with Gasteiger partial charge in [-0.1, -0.05) is 0 Å². The second-order valence-corrected chi connectivity index (χ2v) is 4.03. The highest BCUT2D eigenvalue weighted by atomic mass is 35.5. The van der Waals surface area contributed by atoms with Crippen molar-refractivity contribution in [3.8, 4) is 17.1 Å². The van der Waals surface area contributed by atoms with Crippen LogP contribution in [0, 0.1) is 0 Å². The smallest absolute Gasteiger partial charge is 0.224 e. The Hall–Kier alpha value is -2.14. The van der Waals surface area contributed by atoms with Crippen LogP contribution in [0.5, 0.6) is 5.75 Å². The second kappa shape index (κ2) is 4.27. The lowest BCUT2D eigenvalue weighted by atomic mass is 10.2. The van der Waals surface area contributed by atoms with Crippen LogP contribution in [0.15, 0.2) is 30.5 Å². The highest BCUT2D eigenvalue weighted by molar-refractivity contribution is 6.28. The Kier molecular flexibility index (Phi) is 2.60. The quantitative estimate of drug-likeness (QED) is 0.720. The van der Waals surface area contributed by atoms with Crippen LogP contribution in [0.1, 0.15) is 0 Å². The van der Waals surface area contributed by atoms with Gasteiger partial charge in [-0.2, -0.15) is 4.98 Å². The summed E-state index contributed by atoms with van der Waals surface area (Å²) >= 11 is 5.72. The molecule has 0 saturated heterocycles. The molecule has 0 fully saturated rings. The van der Waals surface area contributed by atoms with Gasteiger partial charge in [0.2, 0.25) is 5.28 Å². The van der Waals surface area contributed by atoms with E-state index in [0.717, 1.165) is 22.7 Å². The molecule has 0 aliphatic heterocycles. The number of aromatic amines is 1. The number of imidazole rings is 1. The first-order valence-electron chi connectivity index (χ1n) is 5.29. The van der Waals surface area contributed by atoms with Crippen molar-refractivity contribution in [3.05, 3.63) is 35.7 Å². The minimum absolute atomic E-state index is 0.190. The average Bonchev–Trinajstić information content (AvgIpc) is 2.81. The van der Waals surface area contributed by atoms with E-state index in [1.54, 1.807) is 13.3 Å². The number of aromatic nitrogens is 4. The van der Waals surface area contributed by atoms with E-state index in [9.17, 15) is 0 Å². The fourth-order valence-corrected chi connectivity index (χ4v) is 1.80. The van der Waals surface area contributed by atoms with Gasteiger partial charge in [-0.25, -0.2) is 9.97 Å². The van der Waals surface area contributed by atoms with E-state index in [4.69, 9.17) is 16.3 Å². The van der Waals surface area contributed by atoms with Gasteiger partial charge in [0.25, 0.3) is 0 Å². The summed E-state index contributed by atoms with van der Waals surface area (Å²) in [5, 5.41) is 0.190. The molecule has 0 amide bonds. The van der Waals surface area contributed by atoms with E-state index >= 15 is 0 Å². The van der Waals surface area contributed by atoms with Crippen molar-refractivity contribution < 1.29 is 4.74 Å². The van der Waals surface area contributed by atoms with Crippen LogP contribution in [0.4, 0.5) is 0 Å². The van der Waals surface area contributed by atoms with Gasteiger partial charge in [-0.05, 0) is 35.9 Å². The molecule has 2 aromatic heterocycles. The first-order valence-corrected chi connectivity index (χ1v) is 5.67. The second-order valence-electron chi connectivity index (χ2n) is 3.69. The minimum Gasteiger partial charge on any atom is -0.497 e. The Labute approximate surface area is 108 Å². The van der Waals surface area contributed by atoms with Crippen molar-refractivity contribution in [3.63, 3.8) is 0 Å². The molecule has 0 radical (unpaired) electrons. The van der Waals surface area contributed by atoms with Gasteiger partial charge < -0.3 is 9.72 Å². The van der Waals surface area contributed by atoms with Crippen molar-refractivity contribution in [2.45, 2.75) is 0 Å². The molecule has 0 saturated carbocycles. The SMILES string of the molecule is COc1ccc(-c2nc3nc(Cl)ncc3[nH]2)cc1. The third kappa shape index (κ3) is 1.89. The molecule has 90 valence electrons. The number of methoxy groups -OCH3 is 1. The van der Waals surface area contributed by atoms with Crippen LogP contribution in [0.25, 0.3) is 22.6 Å². The molecule has 0 atom stereocenters. The van der Waals surface area contributed by atoms with Crippen molar-refractivity contribution in [1.29, 1.82) is 0 Å². The predicted octanol–water partition coefficient (Wildman–Crippen LogP) is 2.68. The van der Waals surface area contributed by atoms with E-state index in [1.165, 1.54) is 0 Å². The Balaban J connectivity index is 2.07. The highest BCUT2D eigenvalue weighted by Crippen LogP contribution is 2.22. The Morgan fingerprint density at radius 1 is 1.17 bits per heavy atom. The summed E-state index contributed by atoms with van der Waals surface area (Å²) in [6.07, 6.45) is 1.62. The summed E-state index contributed by atoms with van der Waals surface area (Å²) in [6, 6.07) is 7.60. The number of fused-ring (bicyclic) bond motifs is 1. The molecule has 1 aromatic carbocycles. The Bertz CT molecular complexity index is 693. The Morgan fingerprint density at radius 3 is 2.67 bits per heavy atom. The van der Waals surface area contributed by atoms with E-state index in [0.29, 0.717) is 5.65 Å². The van der Waals surface area contributed by atoms with Crippen LogP contribution in [-0.2, 0) is 0 Å². The molecule has 5 nitrogen and oxygen atoms in total. The third-order valence-electron chi connectivity index (χ3n) is 2.57. The molecule has 3 aromatic rings. The van der Waals surface area contributed by atoms with Crippen molar-refractivity contribution in [2.75, 3.05) is 7.11 Å². The molecule has 6 heteroatoms. The minimum atomic E-state index is 0.190. The Morgan fingerprint density at radius 2 is 1.94 bits per heavy atom. The number of nitrogens with zero attached hydrogens (tertiary/aromatic N) is 3. The fourth-order valence-electron chi connectivity index (χ4n) is 1.67. The van der Waals surface area contributed by atoms with E-state index in [2.05, 4.69) is 19.9 Å². The molecular weight excluding hydrogens is 252 g/mol. The number of hydrogen-bond acceptors (Lipinski definition) is 4. The molecule has 2 heterocycles. The van der Waals surface area contributed by atoms with E-state index in [-0.39, 0.29) is 5.28 Å². The molecule has 0 aliphatic carbocycles. The lowest BCUT2D eigenvalue weighted by Gasteiger charge is -2.00. The molecular formula is C12H9ClN4O. The van der Waals surface area contributed by atoms with Gasteiger partial charge in [-0.3, -0.25) is 0 Å². The topological polar surface area (TPSA) is 63.7 Å². The maximum absolute atomic E-state index is 5.72. The monoisotopic (exact) mass is 260 g/mol. The molecule has 0 unspecified atom stereocenters. The van der Waals surface area contributed by atoms with Gasteiger partial charge in [0, 0.05) is 5.56 Å². The largest absolute Gasteiger partial charge is 0.497 e. The lowest BCUT2D eigenvalue weighted by molar-refractivity contribution is 0.415. The maximum Gasteiger partial charge on any atom is 0.224 e. The summed E-state index contributed by atoms with van der Waals surface area (Å²) in [7, 11) is 1.63. The molecule has 1 N–H and O–H groups in total. The predicted molar refractivity (Wildman–Crippen MR) is 68.7 cm³/mol. The molecule has 3 rings (SSSR count). The number of nitrogens with one attached hydrogen (secondary N) is 1. The average molecular weight is 261 g/mol. The fraction of sp³-hybridized carbons (Fsp3) is 0.0833. The summed E-state index contributed by atoms with van der Waals surface area (Å²) in [5.74, 6) is 1.53. The van der Waals surface area contributed by atoms with Crippen LogP contribution in [0.2, 0.25) is 5.28 Å². The zero-order chi connectivity index (χ0) is 12.5. The maximum atomic E-state index is 5.72. The lowest BCUT2D eigenvalue weighted by Crippen LogP contribution is -1.83. The summed E-state index contributed by atoms with van der Waals surface area (Å²) in [5.41, 5.74) is 2.26. The number of hydrogen-bond donors (Lipinski definition) is 1. The molecule has 0 aliphatic rings. The van der Waals surface area contributed by atoms with Crippen molar-refractivity contribution in [2.24, 2.45) is 0 Å². The first kappa shape index (κ1) is 11.0. The van der Waals surface area contributed by atoms with E-state index in [1.807, 2.05) is 24.3 Å². The zero-order valence-corrected chi connectivity index (χ0v) is 10.3. The van der Waals surface area contributed by atoms with Gasteiger partial charge in [0.15, 0.2) is 5.65 Å². The standard InChI is InChI=1S/C12H9ClN4O/c1-18-8-4-2-7(3-5-8)10-15-9-6-14-12(13)17-11(9)16-10/h2-6H,1H3,(H,14,15,16,17). The van der Waals surface area contributed by atoms with Gasteiger partial charge in [0.05, 0.1) is 13.3 Å². The van der Waals surface area contributed by atoms with Crippen LogP contribution in [0.3, 0.4) is 0 Å². The van der Waals surface area contributed by atoms with Crippen LogP contribution < -0.4 is 4.74 Å². The van der Waals surface area contributed by atoms with Gasteiger partial charge in [0.1, 0.15) is 17.1 Å². The summed E-state index contributed by atoms with van der Waals surface area (Å²) < 4.78 is 5.11. The first-order chi connectivity index (χ1) is 8.76. The van der Waals surface area contributed by atoms with Crippen molar-refractivity contribution >= 4 is 22.8 Å². The number of benzene rings is 1. The van der Waals surface area contributed by atoms with Gasteiger partial charge >= 0.3 is 0 Å². The van der Waals surface area contributed by atoms with Gasteiger partial charge in [-0.15, -0.1) is 0 Å². The summed E-state index contributed by atoms with van der Waals surface area (Å²) in [6.45, 7) is 0. The highest BCUT2D eigenvalue weighted by Gasteiger charge is 2.07. The number of rotatable bonds is 2. The number of halogens is 1. The molecule has 18 heavy (non-hydrogen) atoms. The summed E-state index contributed by atoms with van der Waals surface area (Å²) in [4.78, 5) is 15.5. The number of H-pyrrole nitrogens is 1. The van der Waals surface area contributed by atoms with Crippen LogP contribution >= 0.6 is 11.6 Å². The number of ether oxygens (including phenoxy) is 1. The van der Waals surface area contributed by atoms with Crippen molar-refractivity contribution in [1.82, 2.24) is 19.9 Å². The normalized spacial score (nSPS) is 10.8. The van der Waals surface area contributed by atoms with E-state index < -0.39 is 0 Å². The van der Waals surface area contributed by atoms with Crippen LogP contribution in [-0.4, -0.2) is 27.0 Å². The zero-order valence-electron chi connectivity index (χ0n) is 9.51. The molecule has 0 bridgehead atoms. The third-order valence-corrected chi connectivity index (χ3v) is 2.76.